The summed E-state index contributed by atoms with van der Waals surface area (Å²) in [6.45, 7) is 7.77. The van der Waals surface area contributed by atoms with Gasteiger partial charge >= 0.3 is 0 Å². The highest BCUT2D eigenvalue weighted by atomic mass is 35.5. The Morgan fingerprint density at radius 2 is 1.85 bits per heavy atom. The number of hydrogen-bond acceptors (Lipinski definition) is 5. The van der Waals surface area contributed by atoms with Crippen molar-refractivity contribution in [3.63, 3.8) is 0 Å². The molecule has 0 fully saturated rings. The molecule has 3 aromatic rings. The van der Waals surface area contributed by atoms with E-state index in [4.69, 9.17) is 11.6 Å². The van der Waals surface area contributed by atoms with Gasteiger partial charge in [0.05, 0.1) is 6.20 Å². The fourth-order valence-electron chi connectivity index (χ4n) is 2.49. The molecular formula is C19H23ClN5OP. The Hall–Kier alpha value is -2.30. The molecule has 0 saturated carbocycles. The van der Waals surface area contributed by atoms with Gasteiger partial charge in [0.15, 0.2) is 5.82 Å². The summed E-state index contributed by atoms with van der Waals surface area (Å²) >= 11 is 6.23. The largest absolute Gasteiger partial charge is 0.348 e. The van der Waals surface area contributed by atoms with Crippen LogP contribution in [-0.2, 0) is 4.57 Å². The maximum absolute atomic E-state index is 12.1. The van der Waals surface area contributed by atoms with Gasteiger partial charge in [-0.1, -0.05) is 25.4 Å². The van der Waals surface area contributed by atoms with Gasteiger partial charge in [-0.2, -0.15) is 4.98 Å². The summed E-state index contributed by atoms with van der Waals surface area (Å²) in [5.41, 5.74) is 2.01. The molecule has 0 aliphatic carbocycles. The zero-order chi connectivity index (χ0) is 19.6. The Labute approximate surface area is 164 Å². The molecule has 0 amide bonds. The van der Waals surface area contributed by atoms with Crippen molar-refractivity contribution < 1.29 is 4.57 Å². The maximum atomic E-state index is 12.1. The van der Waals surface area contributed by atoms with Gasteiger partial charge in [-0.3, -0.25) is 0 Å². The molecule has 27 heavy (non-hydrogen) atoms. The fraction of sp³-hybridized carbons (Fsp3) is 0.263. The number of hydrogen-bond donors (Lipinski definition) is 3. The van der Waals surface area contributed by atoms with E-state index in [1.165, 1.54) is 5.56 Å². The average Bonchev–Trinajstić information content (AvgIpc) is 3.06. The third kappa shape index (κ3) is 4.90. The van der Waals surface area contributed by atoms with Gasteiger partial charge in [-0.15, -0.1) is 0 Å². The molecule has 0 saturated heterocycles. The van der Waals surface area contributed by atoms with Crippen molar-refractivity contribution in [2.45, 2.75) is 19.8 Å². The molecule has 0 radical (unpaired) electrons. The second-order valence-electron chi connectivity index (χ2n) is 7.04. The van der Waals surface area contributed by atoms with Crippen molar-refractivity contribution in [3.05, 3.63) is 53.3 Å². The number of nitrogens with zero attached hydrogens (tertiary/aromatic N) is 2. The summed E-state index contributed by atoms with van der Waals surface area (Å²) in [5.74, 6) is 2.17. The van der Waals surface area contributed by atoms with Gasteiger partial charge in [0.25, 0.3) is 0 Å². The molecule has 6 nitrogen and oxygen atoms in total. The zero-order valence-corrected chi connectivity index (χ0v) is 17.4. The van der Waals surface area contributed by atoms with E-state index in [0.29, 0.717) is 22.7 Å². The van der Waals surface area contributed by atoms with E-state index >= 15 is 0 Å². The summed E-state index contributed by atoms with van der Waals surface area (Å²) in [6.07, 6.45) is 3.51. The first-order valence-corrected chi connectivity index (χ1v) is 11.6. The van der Waals surface area contributed by atoms with Gasteiger partial charge < -0.3 is 20.2 Å². The number of aromatic amines is 1. The Balaban J connectivity index is 1.77. The Morgan fingerprint density at radius 3 is 2.44 bits per heavy atom. The van der Waals surface area contributed by atoms with E-state index in [-0.39, 0.29) is 0 Å². The maximum Gasteiger partial charge on any atom is 0.229 e. The first-order chi connectivity index (χ1) is 12.7. The Bertz CT molecular complexity index is 978. The summed E-state index contributed by atoms with van der Waals surface area (Å²) in [5, 5.41) is 7.58. The lowest BCUT2D eigenvalue weighted by Gasteiger charge is -2.11. The van der Waals surface area contributed by atoms with E-state index in [9.17, 15) is 4.57 Å². The number of aromatic nitrogens is 3. The molecule has 0 aliphatic heterocycles. The molecule has 8 heteroatoms. The minimum absolute atomic E-state index is 0.418. The third-order valence-corrected chi connectivity index (χ3v) is 5.93. The standard InChI is InChI=1S/C19H23ClN5OP/c1-12(2)13-9-17(21-10-13)24-18-16(20)11-22-19(25-18)23-14-5-7-15(8-6-14)27(3,4)26/h5-12,21H,1-4H3,(H2,22,23,24,25). The molecule has 0 spiro atoms. The van der Waals surface area contributed by atoms with Crippen LogP contribution in [0.25, 0.3) is 0 Å². The minimum Gasteiger partial charge on any atom is -0.348 e. The van der Waals surface area contributed by atoms with Crippen LogP contribution < -0.4 is 15.9 Å². The molecule has 142 valence electrons. The second-order valence-corrected chi connectivity index (χ2v) is 10.7. The number of H-pyrrole nitrogens is 1. The molecule has 3 rings (SSSR count). The van der Waals surface area contributed by atoms with Crippen molar-refractivity contribution in [3.8, 4) is 0 Å². The molecule has 2 aromatic heterocycles. The van der Waals surface area contributed by atoms with Gasteiger partial charge in [0.2, 0.25) is 5.95 Å². The summed E-state index contributed by atoms with van der Waals surface area (Å²) in [7, 11) is -2.27. The highest BCUT2D eigenvalue weighted by Gasteiger charge is 2.11. The summed E-state index contributed by atoms with van der Waals surface area (Å²) in [6, 6.07) is 9.46. The van der Waals surface area contributed by atoms with Crippen molar-refractivity contribution in [2.75, 3.05) is 24.0 Å². The number of halogens is 1. The lowest BCUT2D eigenvalue weighted by molar-refractivity contribution is 0.588. The van der Waals surface area contributed by atoms with E-state index in [2.05, 4.69) is 39.4 Å². The topological polar surface area (TPSA) is 82.7 Å². The first-order valence-electron chi connectivity index (χ1n) is 8.63. The molecule has 0 bridgehead atoms. The lowest BCUT2D eigenvalue weighted by Crippen LogP contribution is -2.04. The van der Waals surface area contributed by atoms with Crippen LogP contribution in [0.5, 0.6) is 0 Å². The van der Waals surface area contributed by atoms with Crippen LogP contribution in [0, 0.1) is 0 Å². The van der Waals surface area contributed by atoms with Gasteiger partial charge in [-0.25, -0.2) is 4.98 Å². The van der Waals surface area contributed by atoms with E-state index < -0.39 is 7.14 Å². The van der Waals surface area contributed by atoms with Gasteiger partial charge in [0, 0.05) is 17.2 Å². The van der Waals surface area contributed by atoms with Crippen LogP contribution in [0.3, 0.4) is 0 Å². The SMILES string of the molecule is CC(C)c1c[nH]c(Nc2nc(Nc3ccc(P(C)(C)=O)cc3)ncc2Cl)c1. The predicted molar refractivity (Wildman–Crippen MR) is 114 cm³/mol. The van der Waals surface area contributed by atoms with Crippen LogP contribution >= 0.6 is 18.7 Å². The van der Waals surface area contributed by atoms with Crippen LogP contribution in [0.2, 0.25) is 5.02 Å². The van der Waals surface area contributed by atoms with Gasteiger partial charge in [-0.05, 0) is 55.1 Å². The number of benzene rings is 1. The summed E-state index contributed by atoms with van der Waals surface area (Å²) < 4.78 is 12.1. The smallest absolute Gasteiger partial charge is 0.229 e. The highest BCUT2D eigenvalue weighted by molar-refractivity contribution is 7.70. The van der Waals surface area contributed by atoms with Crippen LogP contribution in [0.15, 0.2) is 42.7 Å². The van der Waals surface area contributed by atoms with Crippen molar-refractivity contribution >= 4 is 47.3 Å². The number of anilines is 4. The van der Waals surface area contributed by atoms with Gasteiger partial charge in [0.1, 0.15) is 18.0 Å². The predicted octanol–water partition coefficient (Wildman–Crippen LogP) is 5.32. The summed E-state index contributed by atoms with van der Waals surface area (Å²) in [4.78, 5) is 11.8. The highest BCUT2D eigenvalue weighted by Crippen LogP contribution is 2.34. The molecule has 2 heterocycles. The Kier molecular flexibility index (Phi) is 5.59. The molecule has 0 unspecified atom stereocenters. The van der Waals surface area contributed by atoms with Crippen LogP contribution in [-0.4, -0.2) is 28.3 Å². The monoisotopic (exact) mass is 403 g/mol. The minimum atomic E-state index is -2.27. The van der Waals surface area contributed by atoms with Crippen molar-refractivity contribution in [1.82, 2.24) is 15.0 Å². The first kappa shape index (κ1) is 19.5. The van der Waals surface area contributed by atoms with Crippen molar-refractivity contribution in [2.24, 2.45) is 0 Å². The molecule has 1 aromatic carbocycles. The normalized spacial score (nSPS) is 11.6. The van der Waals surface area contributed by atoms with Crippen molar-refractivity contribution in [1.29, 1.82) is 0 Å². The van der Waals surface area contributed by atoms with Crippen LogP contribution in [0.4, 0.5) is 23.3 Å². The quantitative estimate of drug-likeness (QED) is 0.485. The third-order valence-electron chi connectivity index (χ3n) is 4.11. The number of rotatable bonds is 6. The Morgan fingerprint density at radius 1 is 1.15 bits per heavy atom. The average molecular weight is 404 g/mol. The molecular weight excluding hydrogens is 381 g/mol. The van der Waals surface area contributed by atoms with E-state index in [1.807, 2.05) is 36.5 Å². The lowest BCUT2D eigenvalue weighted by atomic mass is 10.1. The molecule has 0 atom stereocenters. The zero-order valence-electron chi connectivity index (χ0n) is 15.7. The fourth-order valence-corrected chi connectivity index (χ4v) is 3.50. The molecule has 3 N–H and O–H groups in total. The van der Waals surface area contributed by atoms with E-state index in [0.717, 1.165) is 16.8 Å². The van der Waals surface area contributed by atoms with Crippen LogP contribution in [0.1, 0.15) is 25.3 Å². The number of nitrogens with one attached hydrogen (secondary N) is 3. The molecule has 0 aliphatic rings. The van der Waals surface area contributed by atoms with E-state index in [1.54, 1.807) is 19.5 Å². The second kappa shape index (κ2) is 7.75.